The first-order valence-electron chi connectivity index (χ1n) is 14.2. The average Bonchev–Trinajstić information content (AvgIpc) is 3.49. The Morgan fingerprint density at radius 3 is 2.18 bits per heavy atom. The van der Waals surface area contributed by atoms with E-state index in [1.807, 2.05) is 4.90 Å². The summed E-state index contributed by atoms with van der Waals surface area (Å²) in [6.07, 6.45) is 3.48. The van der Waals surface area contributed by atoms with Gasteiger partial charge in [0.15, 0.2) is 17.3 Å². The van der Waals surface area contributed by atoms with E-state index in [9.17, 15) is 18.8 Å². The lowest BCUT2D eigenvalue weighted by atomic mass is 9.64. The second-order valence-electron chi connectivity index (χ2n) is 11.1. The van der Waals surface area contributed by atoms with Gasteiger partial charge >= 0.3 is 0 Å². The Balaban J connectivity index is 1.57. The van der Waals surface area contributed by atoms with Gasteiger partial charge in [0.2, 0.25) is 0 Å². The van der Waals surface area contributed by atoms with E-state index in [1.54, 1.807) is 84.9 Å². The molecule has 1 spiro atoms. The molecule has 1 fully saturated rings. The molecule has 0 radical (unpaired) electrons. The number of hydrogen-bond donors (Lipinski definition) is 0. The summed E-state index contributed by atoms with van der Waals surface area (Å²) >= 11 is 0. The highest BCUT2D eigenvalue weighted by Crippen LogP contribution is 2.62. The van der Waals surface area contributed by atoms with E-state index in [4.69, 9.17) is 14.2 Å². The van der Waals surface area contributed by atoms with Gasteiger partial charge in [-0.3, -0.25) is 14.4 Å². The van der Waals surface area contributed by atoms with E-state index in [0.29, 0.717) is 50.8 Å². The Morgan fingerprint density at radius 1 is 0.795 bits per heavy atom. The number of Topliss-reactive ketones (excluding diaryl/α,β-unsaturated/α-hetero) is 3. The van der Waals surface area contributed by atoms with Gasteiger partial charge in [-0.25, -0.2) is 4.39 Å². The summed E-state index contributed by atoms with van der Waals surface area (Å²) < 4.78 is 31.2. The van der Waals surface area contributed by atoms with Crippen LogP contribution in [0.2, 0.25) is 0 Å². The minimum Gasteiger partial charge on any atom is -0.497 e. The van der Waals surface area contributed by atoms with Gasteiger partial charge in [-0.2, -0.15) is 0 Å². The van der Waals surface area contributed by atoms with Crippen molar-refractivity contribution in [3.05, 3.63) is 125 Å². The molecule has 7 nitrogen and oxygen atoms in total. The summed E-state index contributed by atoms with van der Waals surface area (Å²) in [7, 11) is 4.54. The lowest BCUT2D eigenvalue weighted by molar-refractivity contribution is 0.0664. The molecular weight excluding hydrogens is 561 g/mol. The molecule has 1 saturated heterocycles. The summed E-state index contributed by atoms with van der Waals surface area (Å²) in [4.78, 5) is 46.4. The molecule has 0 N–H and O–H groups in total. The summed E-state index contributed by atoms with van der Waals surface area (Å²) in [6, 6.07) is 21.1. The fraction of sp³-hybridized carbons (Fsp3) is 0.194. The third-order valence-electron chi connectivity index (χ3n) is 9.16. The standard InChI is InChI=1S/C36H28FNO6/c1-42-23-8-6-7-21(18-23)33(39)32-31(27-14-13-24(43-2)19-29(27)44-3)36(34(40)25-9-4-5-10-26(25)35(36)41)30-16-11-20-17-22(37)12-15-28(20)38(30)32/h4-19,30-32H,1-3H3/t30-,31-,32-/m0/s1. The number of carbonyl (C=O) groups is 3. The monoisotopic (exact) mass is 589 g/mol. The molecule has 0 aromatic heterocycles. The molecular formula is C36H28FNO6. The number of ketones is 3. The highest BCUT2D eigenvalue weighted by molar-refractivity contribution is 6.32. The maximum Gasteiger partial charge on any atom is 0.186 e. The van der Waals surface area contributed by atoms with Gasteiger partial charge in [0, 0.05) is 45.5 Å². The maximum absolute atomic E-state index is 14.9. The van der Waals surface area contributed by atoms with Crippen molar-refractivity contribution in [3.63, 3.8) is 0 Å². The molecule has 44 heavy (non-hydrogen) atoms. The van der Waals surface area contributed by atoms with Crippen LogP contribution in [-0.2, 0) is 0 Å². The smallest absolute Gasteiger partial charge is 0.186 e. The molecule has 2 aliphatic heterocycles. The molecule has 4 aromatic carbocycles. The summed E-state index contributed by atoms with van der Waals surface area (Å²) in [6.45, 7) is 0. The summed E-state index contributed by atoms with van der Waals surface area (Å²) in [5.74, 6) is -1.13. The lowest BCUT2D eigenvalue weighted by Crippen LogP contribution is -2.48. The first-order chi connectivity index (χ1) is 21.3. The number of anilines is 1. The van der Waals surface area contributed by atoms with Crippen molar-refractivity contribution in [2.45, 2.75) is 18.0 Å². The van der Waals surface area contributed by atoms with E-state index in [2.05, 4.69) is 0 Å². The number of halogens is 1. The molecule has 0 saturated carbocycles. The van der Waals surface area contributed by atoms with Gasteiger partial charge in [0.25, 0.3) is 0 Å². The topological polar surface area (TPSA) is 82.1 Å². The van der Waals surface area contributed by atoms with Gasteiger partial charge in [-0.1, -0.05) is 54.6 Å². The molecule has 0 unspecified atom stereocenters. The van der Waals surface area contributed by atoms with Crippen molar-refractivity contribution in [2.24, 2.45) is 5.41 Å². The fourth-order valence-corrected chi connectivity index (χ4v) is 7.31. The number of hydrogen-bond acceptors (Lipinski definition) is 7. The van der Waals surface area contributed by atoms with Crippen LogP contribution >= 0.6 is 0 Å². The van der Waals surface area contributed by atoms with Crippen LogP contribution in [0.15, 0.2) is 91.0 Å². The van der Waals surface area contributed by atoms with Crippen molar-refractivity contribution < 1.29 is 33.0 Å². The Hall–Kier alpha value is -5.24. The Morgan fingerprint density at radius 2 is 1.50 bits per heavy atom. The Bertz CT molecular complexity index is 1860. The van der Waals surface area contributed by atoms with E-state index < -0.39 is 29.2 Å². The van der Waals surface area contributed by atoms with Crippen molar-refractivity contribution >= 4 is 29.1 Å². The highest BCUT2D eigenvalue weighted by Gasteiger charge is 2.72. The zero-order chi connectivity index (χ0) is 30.7. The van der Waals surface area contributed by atoms with Crippen molar-refractivity contribution in [1.29, 1.82) is 0 Å². The molecule has 3 aliphatic rings. The van der Waals surface area contributed by atoms with Crippen LogP contribution in [0, 0.1) is 11.2 Å². The number of nitrogens with zero attached hydrogens (tertiary/aromatic N) is 1. The van der Waals surface area contributed by atoms with E-state index in [-0.39, 0.29) is 17.3 Å². The normalized spacial score (nSPS) is 20.7. The minimum atomic E-state index is -1.73. The van der Waals surface area contributed by atoms with Gasteiger partial charge in [-0.05, 0) is 36.4 Å². The van der Waals surface area contributed by atoms with Crippen LogP contribution < -0.4 is 19.1 Å². The van der Waals surface area contributed by atoms with Crippen molar-refractivity contribution in [1.82, 2.24) is 0 Å². The van der Waals surface area contributed by atoms with Crippen LogP contribution in [0.5, 0.6) is 17.2 Å². The van der Waals surface area contributed by atoms with Gasteiger partial charge in [0.05, 0.1) is 27.4 Å². The quantitative estimate of drug-likeness (QED) is 0.197. The zero-order valence-electron chi connectivity index (χ0n) is 24.2. The van der Waals surface area contributed by atoms with Crippen LogP contribution in [0.25, 0.3) is 6.08 Å². The maximum atomic E-state index is 14.9. The molecule has 4 aromatic rings. The first kappa shape index (κ1) is 27.6. The van der Waals surface area contributed by atoms with Crippen LogP contribution in [0.1, 0.15) is 48.1 Å². The third kappa shape index (κ3) is 3.70. The van der Waals surface area contributed by atoms with Crippen LogP contribution in [0.4, 0.5) is 10.1 Å². The number of carbonyl (C=O) groups excluding carboxylic acids is 3. The van der Waals surface area contributed by atoms with E-state index >= 15 is 0 Å². The van der Waals surface area contributed by atoms with Crippen molar-refractivity contribution in [3.8, 4) is 17.2 Å². The summed E-state index contributed by atoms with van der Waals surface area (Å²) in [5.41, 5.74) is 0.827. The molecule has 7 rings (SSSR count). The largest absolute Gasteiger partial charge is 0.497 e. The van der Waals surface area contributed by atoms with E-state index in [0.717, 1.165) is 0 Å². The number of benzene rings is 4. The highest BCUT2D eigenvalue weighted by atomic mass is 19.1. The van der Waals surface area contributed by atoms with Gasteiger partial charge in [-0.15, -0.1) is 0 Å². The average molecular weight is 590 g/mol. The molecule has 0 bridgehead atoms. The predicted octanol–water partition coefficient (Wildman–Crippen LogP) is 6.17. The SMILES string of the molecule is COc1cccc(C(=O)[C@@H]2[C@H](c3ccc(OC)cc3OC)C3(C(=O)c4ccccc4C3=O)[C@@H]3C=Cc4cc(F)ccc4N23)c1. The number of rotatable bonds is 6. The first-order valence-corrected chi connectivity index (χ1v) is 14.2. The minimum absolute atomic E-state index is 0.308. The Labute approximate surface area is 253 Å². The second kappa shape index (κ2) is 10.2. The van der Waals surface area contributed by atoms with Gasteiger partial charge in [0.1, 0.15) is 34.5 Å². The Kier molecular flexibility index (Phi) is 6.39. The molecule has 1 aliphatic carbocycles. The molecule has 0 amide bonds. The molecule has 2 heterocycles. The number of ether oxygens (including phenoxy) is 3. The van der Waals surface area contributed by atoms with Gasteiger partial charge < -0.3 is 19.1 Å². The number of methoxy groups -OCH3 is 3. The fourth-order valence-electron chi connectivity index (χ4n) is 7.31. The molecule has 220 valence electrons. The second-order valence-corrected chi connectivity index (χ2v) is 11.1. The molecule has 3 atom stereocenters. The molecule has 8 heteroatoms. The lowest BCUT2D eigenvalue weighted by Gasteiger charge is -2.37. The van der Waals surface area contributed by atoms with E-state index in [1.165, 1.54) is 33.5 Å². The third-order valence-corrected chi connectivity index (χ3v) is 9.16. The van der Waals surface area contributed by atoms with Crippen molar-refractivity contribution in [2.75, 3.05) is 26.2 Å². The number of fused-ring (bicyclic) bond motifs is 5. The van der Waals surface area contributed by atoms with Crippen LogP contribution in [0.3, 0.4) is 0 Å². The zero-order valence-corrected chi connectivity index (χ0v) is 24.2. The summed E-state index contributed by atoms with van der Waals surface area (Å²) in [5, 5.41) is 0. The predicted molar refractivity (Wildman–Crippen MR) is 163 cm³/mol. The van der Waals surface area contributed by atoms with Crippen LogP contribution in [-0.4, -0.2) is 50.8 Å².